The van der Waals surface area contributed by atoms with Gasteiger partial charge in [-0.1, -0.05) is 6.92 Å². The van der Waals surface area contributed by atoms with Crippen LogP contribution in [0.25, 0.3) is 11.0 Å². The van der Waals surface area contributed by atoms with Crippen molar-refractivity contribution < 1.29 is 0 Å². The second kappa shape index (κ2) is 4.69. The Morgan fingerprint density at radius 1 is 1.39 bits per heavy atom. The fourth-order valence-corrected chi connectivity index (χ4v) is 2.26. The molecule has 4 nitrogen and oxygen atoms in total. The highest BCUT2D eigenvalue weighted by molar-refractivity contribution is 5.75. The third kappa shape index (κ3) is 2.38. The highest BCUT2D eigenvalue weighted by Crippen LogP contribution is 2.25. The molecular weight excluding hydrogens is 224 g/mol. The zero-order valence-electron chi connectivity index (χ0n) is 11.6. The fraction of sp³-hybridized carbons (Fsp3) is 0.571. The van der Waals surface area contributed by atoms with E-state index < -0.39 is 0 Å². The van der Waals surface area contributed by atoms with Crippen molar-refractivity contribution in [3.63, 3.8) is 0 Å². The average molecular weight is 246 g/mol. The van der Waals surface area contributed by atoms with Crippen molar-refractivity contribution in [2.75, 3.05) is 6.54 Å². The Labute approximate surface area is 108 Å². The SMILES string of the molecule is CC(CN)Cc1nc2cnccc2n1C(C)(C)C. The zero-order chi connectivity index (χ0) is 13.3. The second-order valence-electron chi connectivity index (χ2n) is 5.94. The van der Waals surface area contributed by atoms with Crippen LogP contribution in [-0.4, -0.2) is 21.1 Å². The van der Waals surface area contributed by atoms with Crippen LogP contribution in [0.3, 0.4) is 0 Å². The van der Waals surface area contributed by atoms with Crippen LogP contribution >= 0.6 is 0 Å². The lowest BCUT2D eigenvalue weighted by atomic mass is 10.0. The van der Waals surface area contributed by atoms with E-state index >= 15 is 0 Å². The van der Waals surface area contributed by atoms with Crippen molar-refractivity contribution in [3.8, 4) is 0 Å². The third-order valence-electron chi connectivity index (χ3n) is 3.13. The first-order chi connectivity index (χ1) is 8.43. The Hall–Kier alpha value is -1.42. The van der Waals surface area contributed by atoms with E-state index in [1.165, 1.54) is 0 Å². The third-order valence-corrected chi connectivity index (χ3v) is 3.13. The first-order valence-electron chi connectivity index (χ1n) is 6.45. The summed E-state index contributed by atoms with van der Waals surface area (Å²) in [4.78, 5) is 8.86. The number of pyridine rings is 1. The van der Waals surface area contributed by atoms with Crippen molar-refractivity contribution in [2.24, 2.45) is 11.7 Å². The van der Waals surface area contributed by atoms with E-state index in [1.807, 2.05) is 18.5 Å². The van der Waals surface area contributed by atoms with Gasteiger partial charge in [-0.2, -0.15) is 0 Å². The van der Waals surface area contributed by atoms with Crippen LogP contribution in [0, 0.1) is 5.92 Å². The molecule has 1 atom stereocenters. The Kier molecular flexibility index (Phi) is 3.39. The number of imidazole rings is 1. The van der Waals surface area contributed by atoms with Gasteiger partial charge in [-0.15, -0.1) is 0 Å². The molecule has 2 aromatic rings. The quantitative estimate of drug-likeness (QED) is 0.904. The van der Waals surface area contributed by atoms with Gasteiger partial charge in [0, 0.05) is 18.2 Å². The number of rotatable bonds is 3. The summed E-state index contributed by atoms with van der Waals surface area (Å²) < 4.78 is 2.30. The molecule has 0 spiro atoms. The summed E-state index contributed by atoms with van der Waals surface area (Å²) in [5, 5.41) is 0. The highest BCUT2D eigenvalue weighted by Gasteiger charge is 2.22. The predicted molar refractivity (Wildman–Crippen MR) is 74.4 cm³/mol. The summed E-state index contributed by atoms with van der Waals surface area (Å²) in [6.07, 6.45) is 4.55. The molecule has 0 aromatic carbocycles. The summed E-state index contributed by atoms with van der Waals surface area (Å²) in [5.41, 5.74) is 7.85. The lowest BCUT2D eigenvalue weighted by molar-refractivity contribution is 0.385. The largest absolute Gasteiger partial charge is 0.330 e. The number of nitrogens with zero attached hydrogens (tertiary/aromatic N) is 3. The van der Waals surface area contributed by atoms with Gasteiger partial charge in [-0.05, 0) is 39.3 Å². The van der Waals surface area contributed by atoms with Crippen molar-refractivity contribution in [3.05, 3.63) is 24.3 Å². The lowest BCUT2D eigenvalue weighted by Gasteiger charge is -2.25. The van der Waals surface area contributed by atoms with Crippen LogP contribution in [0.5, 0.6) is 0 Å². The maximum atomic E-state index is 5.72. The first kappa shape index (κ1) is 13.0. The normalized spacial score (nSPS) is 14.1. The standard InChI is InChI=1S/C14H22N4/c1-10(8-15)7-13-17-11-9-16-6-5-12(11)18(13)14(2,3)4/h5-6,9-10H,7-8,15H2,1-4H3. The molecule has 0 aliphatic carbocycles. The molecule has 0 radical (unpaired) electrons. The van der Waals surface area contributed by atoms with E-state index in [1.54, 1.807) is 0 Å². The Morgan fingerprint density at radius 2 is 2.11 bits per heavy atom. The number of hydrogen-bond donors (Lipinski definition) is 1. The molecule has 0 amide bonds. The average Bonchev–Trinajstić information content (AvgIpc) is 2.65. The second-order valence-corrected chi connectivity index (χ2v) is 5.94. The molecule has 98 valence electrons. The van der Waals surface area contributed by atoms with Crippen LogP contribution in [0.2, 0.25) is 0 Å². The maximum absolute atomic E-state index is 5.72. The van der Waals surface area contributed by atoms with Gasteiger partial charge in [0.25, 0.3) is 0 Å². The Morgan fingerprint density at radius 3 is 2.72 bits per heavy atom. The Balaban J connectivity index is 2.57. The van der Waals surface area contributed by atoms with Gasteiger partial charge in [0.15, 0.2) is 0 Å². The molecule has 0 aliphatic rings. The van der Waals surface area contributed by atoms with E-state index in [-0.39, 0.29) is 5.54 Å². The molecule has 2 N–H and O–H groups in total. The number of aromatic nitrogens is 3. The predicted octanol–water partition coefficient (Wildman–Crippen LogP) is 2.32. The van der Waals surface area contributed by atoms with Crippen LogP contribution < -0.4 is 5.73 Å². The number of hydrogen-bond acceptors (Lipinski definition) is 3. The van der Waals surface area contributed by atoms with Crippen LogP contribution in [0.4, 0.5) is 0 Å². The molecule has 0 fully saturated rings. The molecule has 2 aromatic heterocycles. The minimum Gasteiger partial charge on any atom is -0.330 e. The number of nitrogens with two attached hydrogens (primary N) is 1. The van der Waals surface area contributed by atoms with Crippen molar-refractivity contribution in [2.45, 2.75) is 39.7 Å². The molecule has 18 heavy (non-hydrogen) atoms. The van der Waals surface area contributed by atoms with Crippen molar-refractivity contribution in [1.82, 2.24) is 14.5 Å². The van der Waals surface area contributed by atoms with Gasteiger partial charge < -0.3 is 10.3 Å². The first-order valence-corrected chi connectivity index (χ1v) is 6.45. The Bertz CT molecular complexity index is 536. The van der Waals surface area contributed by atoms with Crippen LogP contribution in [-0.2, 0) is 12.0 Å². The van der Waals surface area contributed by atoms with Crippen molar-refractivity contribution >= 4 is 11.0 Å². The van der Waals surface area contributed by atoms with Gasteiger partial charge in [0.1, 0.15) is 11.3 Å². The summed E-state index contributed by atoms with van der Waals surface area (Å²) >= 11 is 0. The summed E-state index contributed by atoms with van der Waals surface area (Å²) in [6.45, 7) is 9.44. The fourth-order valence-electron chi connectivity index (χ4n) is 2.26. The summed E-state index contributed by atoms with van der Waals surface area (Å²) in [6, 6.07) is 2.03. The number of fused-ring (bicyclic) bond motifs is 1. The molecule has 2 heterocycles. The van der Waals surface area contributed by atoms with E-state index in [0.29, 0.717) is 12.5 Å². The van der Waals surface area contributed by atoms with Gasteiger partial charge in [0.05, 0.1) is 11.7 Å². The topological polar surface area (TPSA) is 56.7 Å². The van der Waals surface area contributed by atoms with Gasteiger partial charge in [-0.25, -0.2) is 4.98 Å². The maximum Gasteiger partial charge on any atom is 0.110 e. The van der Waals surface area contributed by atoms with E-state index in [9.17, 15) is 0 Å². The van der Waals surface area contributed by atoms with Crippen LogP contribution in [0.1, 0.15) is 33.5 Å². The molecule has 0 saturated carbocycles. The molecule has 0 bridgehead atoms. The van der Waals surface area contributed by atoms with Crippen LogP contribution in [0.15, 0.2) is 18.5 Å². The highest BCUT2D eigenvalue weighted by atomic mass is 15.1. The van der Waals surface area contributed by atoms with E-state index in [2.05, 4.69) is 37.2 Å². The minimum absolute atomic E-state index is 0.0136. The summed E-state index contributed by atoms with van der Waals surface area (Å²) in [7, 11) is 0. The minimum atomic E-state index is 0.0136. The zero-order valence-corrected chi connectivity index (χ0v) is 11.6. The van der Waals surface area contributed by atoms with Crippen molar-refractivity contribution in [1.29, 1.82) is 0 Å². The molecule has 2 rings (SSSR count). The molecular formula is C14H22N4. The smallest absolute Gasteiger partial charge is 0.110 e. The summed E-state index contributed by atoms with van der Waals surface area (Å²) in [5.74, 6) is 1.54. The van der Waals surface area contributed by atoms with E-state index in [4.69, 9.17) is 10.7 Å². The molecule has 0 saturated heterocycles. The monoisotopic (exact) mass is 246 g/mol. The molecule has 0 aliphatic heterocycles. The molecule has 1 unspecified atom stereocenters. The van der Waals surface area contributed by atoms with Gasteiger partial charge >= 0.3 is 0 Å². The molecule has 4 heteroatoms. The lowest BCUT2D eigenvalue weighted by Crippen LogP contribution is -2.26. The van der Waals surface area contributed by atoms with Gasteiger partial charge in [0.2, 0.25) is 0 Å². The van der Waals surface area contributed by atoms with Gasteiger partial charge in [-0.3, -0.25) is 4.98 Å². The van der Waals surface area contributed by atoms with E-state index in [0.717, 1.165) is 23.3 Å².